The minimum Gasteiger partial charge on any atom is -0.490 e. The number of hydrogen-bond acceptors (Lipinski definition) is 8. The summed E-state index contributed by atoms with van der Waals surface area (Å²) in [6, 6.07) is 11.3. The molecule has 2 aromatic carbocycles. The molecule has 3 aromatic rings. The van der Waals surface area contributed by atoms with Crippen LogP contribution in [-0.4, -0.2) is 55.1 Å². The summed E-state index contributed by atoms with van der Waals surface area (Å²) in [7, 11) is -3.65. The molecule has 0 radical (unpaired) electrons. The number of rotatable bonds is 9. The molecule has 4 rings (SSSR count). The predicted octanol–water partition coefficient (Wildman–Crippen LogP) is 4.23. The first-order chi connectivity index (χ1) is 17.3. The van der Waals surface area contributed by atoms with E-state index in [1.165, 1.54) is 28.6 Å². The number of benzene rings is 2. The van der Waals surface area contributed by atoms with Crippen LogP contribution < -0.4 is 14.8 Å². The van der Waals surface area contributed by atoms with Gasteiger partial charge in [0.1, 0.15) is 0 Å². The van der Waals surface area contributed by atoms with Gasteiger partial charge in [0.25, 0.3) is 0 Å². The zero-order valence-corrected chi connectivity index (χ0v) is 21.5. The first-order valence-electron chi connectivity index (χ1n) is 11.6. The molecule has 1 N–H and O–H groups in total. The van der Waals surface area contributed by atoms with Gasteiger partial charge in [-0.2, -0.15) is 4.31 Å². The van der Waals surface area contributed by atoms with Gasteiger partial charge in [-0.1, -0.05) is 16.7 Å². The molecule has 1 aromatic heterocycles. The third-order valence-electron chi connectivity index (χ3n) is 5.72. The lowest BCUT2D eigenvalue weighted by Crippen LogP contribution is -2.41. The van der Waals surface area contributed by atoms with E-state index in [1.807, 2.05) is 13.8 Å². The number of anilines is 1. The van der Waals surface area contributed by atoms with Gasteiger partial charge < -0.3 is 13.9 Å². The van der Waals surface area contributed by atoms with Gasteiger partial charge in [0.15, 0.2) is 11.5 Å². The molecule has 1 aliphatic heterocycles. The quantitative estimate of drug-likeness (QED) is 0.432. The van der Waals surface area contributed by atoms with Crippen molar-refractivity contribution in [3.63, 3.8) is 0 Å². The lowest BCUT2D eigenvalue weighted by molar-refractivity contribution is -0.121. The van der Waals surface area contributed by atoms with Gasteiger partial charge in [0.05, 0.1) is 18.1 Å². The highest BCUT2D eigenvalue weighted by Gasteiger charge is 2.32. The zero-order valence-electron chi connectivity index (χ0n) is 19.9. The van der Waals surface area contributed by atoms with Crippen LogP contribution in [0.15, 0.2) is 51.8 Å². The van der Waals surface area contributed by atoms with Crippen molar-refractivity contribution in [3.05, 3.63) is 47.5 Å². The van der Waals surface area contributed by atoms with E-state index in [9.17, 15) is 13.2 Å². The molecular formula is C24H27ClN4O6S. The molecular weight excluding hydrogens is 508 g/mol. The Hall–Kier alpha value is -3.15. The maximum absolute atomic E-state index is 12.9. The van der Waals surface area contributed by atoms with Crippen molar-refractivity contribution in [1.29, 1.82) is 0 Å². The molecule has 10 nitrogen and oxygen atoms in total. The Kier molecular flexibility index (Phi) is 8.12. The topological polar surface area (TPSA) is 124 Å². The van der Waals surface area contributed by atoms with Gasteiger partial charge in [-0.15, -0.1) is 5.10 Å². The number of hydrogen-bond donors (Lipinski definition) is 1. The summed E-state index contributed by atoms with van der Waals surface area (Å²) in [6.45, 7) is 5.19. The van der Waals surface area contributed by atoms with E-state index in [-0.39, 0.29) is 41.7 Å². The second kappa shape index (κ2) is 11.3. The van der Waals surface area contributed by atoms with Crippen molar-refractivity contribution >= 4 is 33.5 Å². The fourth-order valence-corrected chi connectivity index (χ4v) is 5.49. The average Bonchev–Trinajstić information content (AvgIpc) is 3.34. The Balaban J connectivity index is 1.37. The Bertz CT molecular complexity index is 1300. The second-order valence-corrected chi connectivity index (χ2v) is 10.4. The number of sulfonamides is 1. The fraction of sp³-hybridized carbons (Fsp3) is 0.375. The summed E-state index contributed by atoms with van der Waals surface area (Å²) < 4.78 is 43.9. The van der Waals surface area contributed by atoms with Crippen LogP contribution in [0.3, 0.4) is 0 Å². The predicted molar refractivity (Wildman–Crippen MR) is 134 cm³/mol. The SMILES string of the molecule is CCOc1ccc(-c2nnc(NC(=O)C3CCN(S(=O)(=O)c4ccc(Cl)cc4)CC3)o2)cc1OCC. The van der Waals surface area contributed by atoms with Crippen LogP contribution >= 0.6 is 11.6 Å². The number of piperidine rings is 1. The molecule has 36 heavy (non-hydrogen) atoms. The molecule has 1 fully saturated rings. The largest absolute Gasteiger partial charge is 0.490 e. The van der Waals surface area contributed by atoms with Gasteiger partial charge in [0.2, 0.25) is 21.8 Å². The van der Waals surface area contributed by atoms with Crippen LogP contribution in [0.5, 0.6) is 11.5 Å². The molecule has 0 bridgehead atoms. The van der Waals surface area contributed by atoms with Crippen LogP contribution in [0.1, 0.15) is 26.7 Å². The van der Waals surface area contributed by atoms with E-state index >= 15 is 0 Å². The summed E-state index contributed by atoms with van der Waals surface area (Å²) >= 11 is 5.86. The number of nitrogens with one attached hydrogen (secondary N) is 1. The molecule has 0 atom stereocenters. The first kappa shape index (κ1) is 25.9. The minimum absolute atomic E-state index is 0.0296. The molecule has 12 heteroatoms. The van der Waals surface area contributed by atoms with Gasteiger partial charge in [-0.25, -0.2) is 8.42 Å². The van der Waals surface area contributed by atoms with Crippen molar-refractivity contribution in [2.24, 2.45) is 5.92 Å². The summed E-state index contributed by atoms with van der Waals surface area (Å²) in [5, 5.41) is 11.1. The van der Waals surface area contributed by atoms with Crippen molar-refractivity contribution < 1.29 is 27.1 Å². The minimum atomic E-state index is -3.65. The van der Waals surface area contributed by atoms with Crippen LogP contribution in [-0.2, 0) is 14.8 Å². The molecule has 2 heterocycles. The zero-order chi connectivity index (χ0) is 25.7. The third kappa shape index (κ3) is 5.80. The Morgan fingerprint density at radius 1 is 1.06 bits per heavy atom. The van der Waals surface area contributed by atoms with Crippen LogP contribution in [0.4, 0.5) is 6.01 Å². The standard InChI is InChI=1S/C24H27ClN4O6S/c1-3-33-20-10-5-17(15-21(20)34-4-2)23-27-28-24(35-23)26-22(30)16-11-13-29(14-12-16)36(31,32)19-8-6-18(25)7-9-19/h5-10,15-16H,3-4,11-14H2,1-2H3,(H,26,28,30). The third-order valence-corrected chi connectivity index (χ3v) is 7.89. The first-order valence-corrected chi connectivity index (χ1v) is 13.4. The van der Waals surface area contributed by atoms with Crippen molar-refractivity contribution in [1.82, 2.24) is 14.5 Å². The molecule has 0 aliphatic carbocycles. The van der Waals surface area contributed by atoms with Crippen molar-refractivity contribution in [2.45, 2.75) is 31.6 Å². The highest BCUT2D eigenvalue weighted by atomic mass is 35.5. The number of carbonyl (C=O) groups is 1. The van der Waals surface area contributed by atoms with E-state index in [0.717, 1.165) is 0 Å². The Morgan fingerprint density at radius 2 is 1.72 bits per heavy atom. The number of carbonyl (C=O) groups excluding carboxylic acids is 1. The van der Waals surface area contributed by atoms with E-state index in [4.69, 9.17) is 25.5 Å². The van der Waals surface area contributed by atoms with E-state index in [1.54, 1.807) is 18.2 Å². The summed E-state index contributed by atoms with van der Waals surface area (Å²) in [5.41, 5.74) is 0.621. The number of amides is 1. The van der Waals surface area contributed by atoms with E-state index in [2.05, 4.69) is 15.5 Å². The Labute approximate surface area is 214 Å². The highest BCUT2D eigenvalue weighted by Crippen LogP contribution is 2.33. The number of aromatic nitrogens is 2. The maximum Gasteiger partial charge on any atom is 0.322 e. The van der Waals surface area contributed by atoms with Gasteiger partial charge >= 0.3 is 6.01 Å². The number of ether oxygens (including phenoxy) is 2. The summed E-state index contributed by atoms with van der Waals surface area (Å²) in [6.07, 6.45) is 0.743. The van der Waals surface area contributed by atoms with Gasteiger partial charge in [0, 0.05) is 29.6 Å². The maximum atomic E-state index is 12.9. The monoisotopic (exact) mass is 534 g/mol. The fourth-order valence-electron chi connectivity index (χ4n) is 3.90. The highest BCUT2D eigenvalue weighted by molar-refractivity contribution is 7.89. The van der Waals surface area contributed by atoms with Gasteiger partial charge in [-0.05, 0) is 69.2 Å². The Morgan fingerprint density at radius 3 is 2.39 bits per heavy atom. The molecule has 0 unspecified atom stereocenters. The molecule has 0 spiro atoms. The van der Waals surface area contributed by atoms with Crippen molar-refractivity contribution in [3.8, 4) is 23.0 Å². The van der Waals surface area contributed by atoms with Crippen LogP contribution in [0.2, 0.25) is 5.02 Å². The lowest BCUT2D eigenvalue weighted by atomic mass is 9.97. The second-order valence-electron chi connectivity index (χ2n) is 8.06. The molecule has 1 saturated heterocycles. The number of halogens is 1. The average molecular weight is 535 g/mol. The normalized spacial score (nSPS) is 15.0. The molecule has 0 saturated carbocycles. The smallest absolute Gasteiger partial charge is 0.322 e. The van der Waals surface area contributed by atoms with E-state index in [0.29, 0.717) is 48.1 Å². The van der Waals surface area contributed by atoms with Crippen LogP contribution in [0.25, 0.3) is 11.5 Å². The van der Waals surface area contributed by atoms with Gasteiger partial charge in [-0.3, -0.25) is 10.1 Å². The van der Waals surface area contributed by atoms with Crippen LogP contribution in [0, 0.1) is 5.92 Å². The molecule has 1 amide bonds. The summed E-state index contributed by atoms with van der Waals surface area (Å²) in [4.78, 5) is 13.0. The number of nitrogens with zero attached hydrogens (tertiary/aromatic N) is 3. The lowest BCUT2D eigenvalue weighted by Gasteiger charge is -2.30. The molecule has 1 aliphatic rings. The van der Waals surface area contributed by atoms with Crippen molar-refractivity contribution in [2.75, 3.05) is 31.6 Å². The molecule has 192 valence electrons. The summed E-state index contributed by atoms with van der Waals surface area (Å²) in [5.74, 6) is 0.710. The van der Waals surface area contributed by atoms with E-state index < -0.39 is 10.0 Å².